The zero-order chi connectivity index (χ0) is 13.7. The van der Waals surface area contributed by atoms with Crippen LogP contribution in [0.2, 0.25) is 0 Å². The van der Waals surface area contributed by atoms with E-state index >= 15 is 0 Å². The van der Waals surface area contributed by atoms with E-state index in [1.165, 1.54) is 6.07 Å². The van der Waals surface area contributed by atoms with Crippen LogP contribution in [0.3, 0.4) is 0 Å². The van der Waals surface area contributed by atoms with Crippen molar-refractivity contribution in [2.45, 2.75) is 6.42 Å². The summed E-state index contributed by atoms with van der Waals surface area (Å²) in [6, 6.07) is 6.27. The van der Waals surface area contributed by atoms with Crippen LogP contribution in [0.25, 0.3) is 0 Å². The van der Waals surface area contributed by atoms with Gasteiger partial charge in [0.1, 0.15) is 5.69 Å². The molecule has 7 heteroatoms. The van der Waals surface area contributed by atoms with Gasteiger partial charge < -0.3 is 5.32 Å². The van der Waals surface area contributed by atoms with Crippen molar-refractivity contribution in [3.05, 3.63) is 50.5 Å². The molecule has 1 aromatic carbocycles. The van der Waals surface area contributed by atoms with E-state index in [1.54, 1.807) is 29.7 Å². The zero-order valence-corrected chi connectivity index (χ0v) is 10.7. The molecule has 1 aromatic heterocycles. The summed E-state index contributed by atoms with van der Waals surface area (Å²) in [5, 5.41) is 25.5. The molecule has 0 fully saturated rings. The quantitative estimate of drug-likeness (QED) is 0.668. The fraction of sp³-hybridized carbons (Fsp3) is 0.167. The molecule has 0 atom stereocenters. The predicted octanol–water partition coefficient (Wildman–Crippen LogP) is 2.58. The van der Waals surface area contributed by atoms with E-state index in [0.717, 1.165) is 5.01 Å². The van der Waals surface area contributed by atoms with Crippen LogP contribution in [0.4, 0.5) is 11.4 Å². The third kappa shape index (κ3) is 3.26. The van der Waals surface area contributed by atoms with Crippen molar-refractivity contribution < 1.29 is 4.92 Å². The molecular formula is C12H10N4O2S. The Labute approximate surface area is 113 Å². The number of hydrogen-bond donors (Lipinski definition) is 1. The summed E-state index contributed by atoms with van der Waals surface area (Å²) in [7, 11) is 0. The Morgan fingerprint density at radius 2 is 2.37 bits per heavy atom. The largest absolute Gasteiger partial charge is 0.379 e. The number of nitriles is 1. The average Bonchev–Trinajstić information content (AvgIpc) is 2.92. The third-order valence-electron chi connectivity index (χ3n) is 2.46. The number of nitro groups is 1. The number of thiazole rings is 1. The first-order chi connectivity index (χ1) is 9.20. The molecule has 0 saturated heterocycles. The van der Waals surface area contributed by atoms with Crippen LogP contribution >= 0.6 is 11.3 Å². The van der Waals surface area contributed by atoms with Crippen LogP contribution in [-0.2, 0) is 6.42 Å². The fourth-order valence-corrected chi connectivity index (χ4v) is 2.20. The molecule has 96 valence electrons. The van der Waals surface area contributed by atoms with Crippen LogP contribution in [0.1, 0.15) is 10.6 Å². The van der Waals surface area contributed by atoms with E-state index in [0.29, 0.717) is 18.7 Å². The highest BCUT2D eigenvalue weighted by molar-refractivity contribution is 7.09. The summed E-state index contributed by atoms with van der Waals surface area (Å²) in [6.45, 7) is 0.556. The van der Waals surface area contributed by atoms with Crippen molar-refractivity contribution in [3.63, 3.8) is 0 Å². The lowest BCUT2D eigenvalue weighted by Gasteiger charge is -2.06. The SMILES string of the molecule is N#Cc1ccc(NCCc2nccs2)c([N+](=O)[O-])c1. The lowest BCUT2D eigenvalue weighted by Crippen LogP contribution is -2.06. The lowest BCUT2D eigenvalue weighted by molar-refractivity contribution is -0.384. The number of nitro benzene ring substituents is 1. The van der Waals surface area contributed by atoms with Crippen molar-refractivity contribution in [1.82, 2.24) is 4.98 Å². The Morgan fingerprint density at radius 3 is 3.00 bits per heavy atom. The highest BCUT2D eigenvalue weighted by atomic mass is 32.1. The Balaban J connectivity index is 2.07. The second-order valence-corrected chi connectivity index (χ2v) is 4.68. The molecule has 0 aliphatic rings. The lowest BCUT2D eigenvalue weighted by atomic mass is 10.2. The standard InChI is InChI=1S/C12H10N4O2S/c13-8-9-1-2-10(11(7-9)16(17)18)14-4-3-12-15-5-6-19-12/h1-2,5-7,14H,3-4H2. The summed E-state index contributed by atoms with van der Waals surface area (Å²) in [5.74, 6) is 0. The van der Waals surface area contributed by atoms with Crippen LogP contribution in [0.15, 0.2) is 29.8 Å². The Hall–Kier alpha value is -2.46. The van der Waals surface area contributed by atoms with Gasteiger partial charge in [-0.05, 0) is 12.1 Å². The van der Waals surface area contributed by atoms with Gasteiger partial charge in [0.25, 0.3) is 5.69 Å². The number of nitrogens with zero attached hydrogens (tertiary/aromatic N) is 3. The van der Waals surface area contributed by atoms with Gasteiger partial charge in [-0.1, -0.05) is 0 Å². The molecule has 0 spiro atoms. The minimum Gasteiger partial charge on any atom is -0.379 e. The van der Waals surface area contributed by atoms with Gasteiger partial charge in [0.15, 0.2) is 0 Å². The second-order valence-electron chi connectivity index (χ2n) is 3.70. The molecule has 2 aromatic rings. The predicted molar refractivity (Wildman–Crippen MR) is 72.1 cm³/mol. The Kier molecular flexibility index (Phi) is 4.05. The first-order valence-corrected chi connectivity index (χ1v) is 6.39. The first-order valence-electron chi connectivity index (χ1n) is 5.51. The summed E-state index contributed by atoms with van der Waals surface area (Å²) >= 11 is 1.55. The van der Waals surface area contributed by atoms with Gasteiger partial charge in [-0.3, -0.25) is 10.1 Å². The van der Waals surface area contributed by atoms with E-state index < -0.39 is 4.92 Å². The van der Waals surface area contributed by atoms with E-state index in [2.05, 4.69) is 10.3 Å². The maximum Gasteiger partial charge on any atom is 0.293 e. The first kappa shape index (κ1) is 13.0. The Morgan fingerprint density at radius 1 is 1.53 bits per heavy atom. The molecule has 1 N–H and O–H groups in total. The van der Waals surface area contributed by atoms with Crippen molar-refractivity contribution in [1.29, 1.82) is 5.26 Å². The van der Waals surface area contributed by atoms with Gasteiger partial charge in [-0.15, -0.1) is 11.3 Å². The van der Waals surface area contributed by atoms with E-state index in [9.17, 15) is 10.1 Å². The minimum absolute atomic E-state index is 0.0850. The summed E-state index contributed by atoms with van der Waals surface area (Å²) in [6.07, 6.45) is 2.43. The van der Waals surface area contributed by atoms with Crippen LogP contribution in [0.5, 0.6) is 0 Å². The van der Waals surface area contributed by atoms with Crippen molar-refractivity contribution in [2.24, 2.45) is 0 Å². The van der Waals surface area contributed by atoms with E-state index in [1.807, 2.05) is 11.4 Å². The number of aromatic nitrogens is 1. The summed E-state index contributed by atoms with van der Waals surface area (Å²) in [4.78, 5) is 14.6. The topological polar surface area (TPSA) is 91.8 Å². The summed E-state index contributed by atoms with van der Waals surface area (Å²) in [5.41, 5.74) is 0.607. The molecule has 0 radical (unpaired) electrons. The average molecular weight is 274 g/mol. The highest BCUT2D eigenvalue weighted by Crippen LogP contribution is 2.25. The molecule has 0 aliphatic heterocycles. The van der Waals surface area contributed by atoms with Crippen molar-refractivity contribution in [3.8, 4) is 6.07 Å². The van der Waals surface area contributed by atoms with Crippen molar-refractivity contribution in [2.75, 3.05) is 11.9 Å². The van der Waals surface area contributed by atoms with Crippen LogP contribution < -0.4 is 5.32 Å². The van der Waals surface area contributed by atoms with Crippen LogP contribution in [0, 0.1) is 21.4 Å². The molecule has 6 nitrogen and oxygen atoms in total. The van der Waals surface area contributed by atoms with Crippen LogP contribution in [-0.4, -0.2) is 16.5 Å². The number of benzene rings is 1. The molecule has 2 rings (SSSR count). The molecule has 0 unspecified atom stereocenters. The van der Waals surface area contributed by atoms with E-state index in [-0.39, 0.29) is 11.3 Å². The highest BCUT2D eigenvalue weighted by Gasteiger charge is 2.14. The maximum atomic E-state index is 10.9. The van der Waals surface area contributed by atoms with Gasteiger partial charge in [-0.2, -0.15) is 5.26 Å². The van der Waals surface area contributed by atoms with Gasteiger partial charge in [0.2, 0.25) is 0 Å². The maximum absolute atomic E-state index is 10.9. The molecule has 0 aliphatic carbocycles. The van der Waals surface area contributed by atoms with E-state index in [4.69, 9.17) is 5.26 Å². The number of rotatable bonds is 5. The zero-order valence-electron chi connectivity index (χ0n) is 9.87. The molecule has 0 saturated carbocycles. The number of nitrogens with one attached hydrogen (secondary N) is 1. The molecule has 0 bridgehead atoms. The van der Waals surface area contributed by atoms with Gasteiger partial charge >= 0.3 is 0 Å². The fourth-order valence-electron chi connectivity index (χ4n) is 1.58. The van der Waals surface area contributed by atoms with Gasteiger partial charge in [-0.25, -0.2) is 4.98 Å². The minimum atomic E-state index is -0.493. The second kappa shape index (κ2) is 5.93. The molecule has 19 heavy (non-hydrogen) atoms. The summed E-state index contributed by atoms with van der Waals surface area (Å²) < 4.78 is 0. The molecule has 0 amide bonds. The number of hydrogen-bond acceptors (Lipinski definition) is 6. The van der Waals surface area contributed by atoms with Gasteiger partial charge in [0.05, 0.1) is 21.6 Å². The van der Waals surface area contributed by atoms with Crippen molar-refractivity contribution >= 4 is 22.7 Å². The normalized spacial score (nSPS) is 9.84. The van der Waals surface area contributed by atoms with Gasteiger partial charge in [0, 0.05) is 30.6 Å². The third-order valence-corrected chi connectivity index (χ3v) is 3.30. The Bertz CT molecular complexity index is 619. The monoisotopic (exact) mass is 274 g/mol. The molecular weight excluding hydrogens is 264 g/mol. The smallest absolute Gasteiger partial charge is 0.293 e. The number of anilines is 1. The molecule has 1 heterocycles.